The summed E-state index contributed by atoms with van der Waals surface area (Å²) in [5.41, 5.74) is 4.11. The first kappa shape index (κ1) is 13.1. The van der Waals surface area contributed by atoms with E-state index in [2.05, 4.69) is 58.6 Å². The number of fused-ring (bicyclic) bond motifs is 1. The first-order valence-electron chi connectivity index (χ1n) is 7.23. The monoisotopic (exact) mass is 267 g/mol. The second-order valence-corrected chi connectivity index (χ2v) is 5.57. The summed E-state index contributed by atoms with van der Waals surface area (Å²) in [5.74, 6) is 0. The van der Waals surface area contributed by atoms with E-state index in [9.17, 15) is 0 Å². The van der Waals surface area contributed by atoms with Crippen molar-refractivity contribution in [3.05, 3.63) is 59.9 Å². The number of nitrogens with one attached hydrogen (secondary N) is 1. The number of rotatable bonds is 5. The van der Waals surface area contributed by atoms with Crippen LogP contribution in [-0.4, -0.2) is 36.1 Å². The van der Waals surface area contributed by atoms with E-state index in [0.29, 0.717) is 6.04 Å². The molecule has 1 atom stereocenters. The van der Waals surface area contributed by atoms with Gasteiger partial charge >= 0.3 is 0 Å². The molecule has 0 radical (unpaired) electrons. The maximum absolute atomic E-state index is 4.06. The number of para-hydroxylation sites is 1. The summed E-state index contributed by atoms with van der Waals surface area (Å²) in [6.45, 7) is 2.16. The van der Waals surface area contributed by atoms with Crippen LogP contribution in [0.4, 0.5) is 5.69 Å². The van der Waals surface area contributed by atoms with Crippen molar-refractivity contribution in [1.29, 1.82) is 0 Å². The van der Waals surface area contributed by atoms with E-state index in [0.717, 1.165) is 25.9 Å². The molecule has 0 saturated carbocycles. The van der Waals surface area contributed by atoms with Crippen molar-refractivity contribution in [2.75, 3.05) is 25.5 Å². The highest BCUT2D eigenvalue weighted by molar-refractivity contribution is 5.56. The Balaban J connectivity index is 1.47. The SMILES string of the molecule is CN(CCc1ccncc1)CC1Cc2ccccc2N1. The van der Waals surface area contributed by atoms with Crippen molar-refractivity contribution in [3.63, 3.8) is 0 Å². The third-order valence-corrected chi connectivity index (χ3v) is 3.91. The molecule has 0 spiro atoms. The summed E-state index contributed by atoms with van der Waals surface area (Å²) >= 11 is 0. The summed E-state index contributed by atoms with van der Waals surface area (Å²) in [6.07, 6.45) is 5.95. The molecule has 0 amide bonds. The Labute approximate surface area is 120 Å². The van der Waals surface area contributed by atoms with Gasteiger partial charge in [0.1, 0.15) is 0 Å². The predicted molar refractivity (Wildman–Crippen MR) is 83.0 cm³/mol. The molecule has 2 heterocycles. The fraction of sp³-hybridized carbons (Fsp3) is 0.353. The van der Waals surface area contributed by atoms with Crippen LogP contribution in [0, 0.1) is 0 Å². The third kappa shape index (κ3) is 3.17. The molecule has 1 aliphatic rings. The number of aromatic nitrogens is 1. The van der Waals surface area contributed by atoms with Gasteiger partial charge in [-0.25, -0.2) is 0 Å². The Morgan fingerprint density at radius 1 is 1.20 bits per heavy atom. The van der Waals surface area contributed by atoms with E-state index in [1.807, 2.05) is 12.4 Å². The van der Waals surface area contributed by atoms with Crippen molar-refractivity contribution in [3.8, 4) is 0 Å². The fourth-order valence-electron chi connectivity index (χ4n) is 2.82. The zero-order chi connectivity index (χ0) is 13.8. The van der Waals surface area contributed by atoms with Gasteiger partial charge in [-0.1, -0.05) is 18.2 Å². The van der Waals surface area contributed by atoms with Crippen LogP contribution in [0.25, 0.3) is 0 Å². The molecule has 1 N–H and O–H groups in total. The van der Waals surface area contributed by atoms with Crippen LogP contribution < -0.4 is 5.32 Å². The Bertz CT molecular complexity index is 528. The molecule has 1 unspecified atom stereocenters. The zero-order valence-electron chi connectivity index (χ0n) is 11.9. The third-order valence-electron chi connectivity index (χ3n) is 3.91. The Kier molecular flexibility index (Phi) is 3.97. The van der Waals surface area contributed by atoms with Crippen LogP contribution in [0.1, 0.15) is 11.1 Å². The number of nitrogens with zero attached hydrogens (tertiary/aromatic N) is 2. The van der Waals surface area contributed by atoms with Gasteiger partial charge in [0.15, 0.2) is 0 Å². The van der Waals surface area contributed by atoms with Gasteiger partial charge in [0, 0.05) is 37.2 Å². The zero-order valence-corrected chi connectivity index (χ0v) is 11.9. The molecule has 0 aliphatic carbocycles. The van der Waals surface area contributed by atoms with Crippen molar-refractivity contribution in [2.45, 2.75) is 18.9 Å². The summed E-state index contributed by atoms with van der Waals surface area (Å²) in [4.78, 5) is 6.46. The van der Waals surface area contributed by atoms with Crippen molar-refractivity contribution < 1.29 is 0 Å². The number of hydrogen-bond donors (Lipinski definition) is 1. The maximum Gasteiger partial charge on any atom is 0.0429 e. The normalized spacial score (nSPS) is 17.0. The summed E-state index contributed by atoms with van der Waals surface area (Å²) in [7, 11) is 2.20. The first-order valence-corrected chi connectivity index (χ1v) is 7.23. The van der Waals surface area contributed by atoms with Gasteiger partial charge < -0.3 is 10.2 Å². The van der Waals surface area contributed by atoms with E-state index < -0.39 is 0 Å². The standard InChI is InChI=1S/C17H21N3/c1-20(11-8-14-6-9-18-10-7-14)13-16-12-15-4-2-3-5-17(15)19-16/h2-7,9-10,16,19H,8,11-13H2,1H3. The lowest BCUT2D eigenvalue weighted by molar-refractivity contribution is 0.323. The van der Waals surface area contributed by atoms with Crippen LogP contribution in [-0.2, 0) is 12.8 Å². The maximum atomic E-state index is 4.06. The minimum atomic E-state index is 0.537. The smallest absolute Gasteiger partial charge is 0.0429 e. The quantitative estimate of drug-likeness (QED) is 0.902. The van der Waals surface area contributed by atoms with Crippen LogP contribution in [0.3, 0.4) is 0 Å². The highest BCUT2D eigenvalue weighted by Gasteiger charge is 2.20. The molecule has 1 aromatic carbocycles. The van der Waals surface area contributed by atoms with E-state index in [4.69, 9.17) is 0 Å². The second kappa shape index (κ2) is 6.06. The molecule has 0 bridgehead atoms. The average Bonchev–Trinajstić information content (AvgIpc) is 2.88. The molecule has 3 rings (SSSR count). The molecule has 1 aromatic heterocycles. The highest BCUT2D eigenvalue weighted by atomic mass is 15.1. The number of pyridine rings is 1. The predicted octanol–water partition coefficient (Wildman–Crippen LogP) is 2.59. The minimum absolute atomic E-state index is 0.537. The highest BCUT2D eigenvalue weighted by Crippen LogP contribution is 2.25. The lowest BCUT2D eigenvalue weighted by atomic mass is 10.1. The largest absolute Gasteiger partial charge is 0.380 e. The lowest BCUT2D eigenvalue weighted by Gasteiger charge is -2.21. The van der Waals surface area contributed by atoms with Crippen molar-refractivity contribution >= 4 is 5.69 Å². The molecule has 2 aromatic rings. The molecule has 0 fully saturated rings. The molecule has 1 aliphatic heterocycles. The number of benzene rings is 1. The first-order chi connectivity index (χ1) is 9.81. The van der Waals surface area contributed by atoms with Crippen molar-refractivity contribution in [2.24, 2.45) is 0 Å². The molecular weight excluding hydrogens is 246 g/mol. The number of anilines is 1. The average molecular weight is 267 g/mol. The molecular formula is C17H21N3. The molecule has 104 valence electrons. The molecule has 3 nitrogen and oxygen atoms in total. The number of hydrogen-bond acceptors (Lipinski definition) is 3. The Morgan fingerprint density at radius 2 is 2.00 bits per heavy atom. The fourth-order valence-corrected chi connectivity index (χ4v) is 2.82. The van der Waals surface area contributed by atoms with Gasteiger partial charge in [-0.05, 0) is 49.2 Å². The Morgan fingerprint density at radius 3 is 2.80 bits per heavy atom. The van der Waals surface area contributed by atoms with Gasteiger partial charge in [0.25, 0.3) is 0 Å². The lowest BCUT2D eigenvalue weighted by Crippen LogP contribution is -2.34. The Hall–Kier alpha value is -1.87. The summed E-state index contributed by atoms with van der Waals surface area (Å²) < 4.78 is 0. The van der Waals surface area contributed by atoms with Gasteiger partial charge in [0.05, 0.1) is 0 Å². The number of likely N-dealkylation sites (N-methyl/N-ethyl adjacent to an activating group) is 1. The van der Waals surface area contributed by atoms with E-state index in [-0.39, 0.29) is 0 Å². The van der Waals surface area contributed by atoms with Crippen molar-refractivity contribution in [1.82, 2.24) is 9.88 Å². The second-order valence-electron chi connectivity index (χ2n) is 5.57. The van der Waals surface area contributed by atoms with E-state index in [1.54, 1.807) is 0 Å². The van der Waals surface area contributed by atoms with Gasteiger partial charge in [0.2, 0.25) is 0 Å². The van der Waals surface area contributed by atoms with Crippen LogP contribution >= 0.6 is 0 Å². The molecule has 0 saturated heterocycles. The summed E-state index contributed by atoms with van der Waals surface area (Å²) in [6, 6.07) is 13.3. The van der Waals surface area contributed by atoms with E-state index in [1.165, 1.54) is 16.8 Å². The molecule has 20 heavy (non-hydrogen) atoms. The van der Waals surface area contributed by atoms with E-state index >= 15 is 0 Å². The van der Waals surface area contributed by atoms with Gasteiger partial charge in [-0.3, -0.25) is 4.98 Å². The van der Waals surface area contributed by atoms with Crippen LogP contribution in [0.5, 0.6) is 0 Å². The van der Waals surface area contributed by atoms with Gasteiger partial charge in [-0.2, -0.15) is 0 Å². The summed E-state index contributed by atoms with van der Waals surface area (Å²) in [5, 5.41) is 3.61. The molecule has 3 heteroatoms. The topological polar surface area (TPSA) is 28.2 Å². The minimum Gasteiger partial charge on any atom is -0.380 e. The van der Waals surface area contributed by atoms with Crippen LogP contribution in [0.15, 0.2) is 48.8 Å². The van der Waals surface area contributed by atoms with Gasteiger partial charge in [-0.15, -0.1) is 0 Å². The van der Waals surface area contributed by atoms with Crippen LogP contribution in [0.2, 0.25) is 0 Å².